The van der Waals surface area contributed by atoms with Crippen molar-refractivity contribution in [3.05, 3.63) is 58.7 Å². The Morgan fingerprint density at radius 1 is 1.28 bits per heavy atom. The highest BCUT2D eigenvalue weighted by molar-refractivity contribution is 7.16. The van der Waals surface area contributed by atoms with Gasteiger partial charge >= 0.3 is 0 Å². The maximum atomic E-state index is 13.5. The predicted octanol–water partition coefficient (Wildman–Crippen LogP) is 5.61. The average molecular weight is 371 g/mol. The first-order valence-corrected chi connectivity index (χ1v) is 9.93. The summed E-state index contributed by atoms with van der Waals surface area (Å²) >= 11 is 7.57. The molecule has 0 saturated carbocycles. The van der Waals surface area contributed by atoms with Gasteiger partial charge in [0.05, 0.1) is 11.3 Å². The van der Waals surface area contributed by atoms with Crippen molar-refractivity contribution >= 4 is 49.8 Å². The molecule has 25 heavy (non-hydrogen) atoms. The quantitative estimate of drug-likeness (QED) is 0.348. The van der Waals surface area contributed by atoms with Crippen molar-refractivity contribution in [3.8, 4) is 0 Å². The lowest BCUT2D eigenvalue weighted by Gasteiger charge is -2.08. The van der Waals surface area contributed by atoms with Gasteiger partial charge in [-0.15, -0.1) is 22.9 Å². The molecule has 128 valence electrons. The topological polar surface area (TPSA) is 37.8 Å². The molecule has 0 fully saturated rings. The van der Waals surface area contributed by atoms with Crippen LogP contribution in [0.4, 0.5) is 0 Å². The van der Waals surface area contributed by atoms with Crippen LogP contribution in [-0.2, 0) is 13.0 Å². The number of carbonyl (C=O) groups excluding carboxylic acids is 1. The van der Waals surface area contributed by atoms with E-state index >= 15 is 0 Å². The van der Waals surface area contributed by atoms with Crippen LogP contribution in [0.5, 0.6) is 0 Å². The van der Waals surface area contributed by atoms with E-state index < -0.39 is 0 Å². The molecule has 0 aliphatic carbocycles. The molecule has 0 amide bonds. The number of aromatic nitrogens is 2. The highest BCUT2D eigenvalue weighted by atomic mass is 35.5. The second-order valence-corrected chi connectivity index (χ2v) is 7.37. The zero-order valence-electron chi connectivity index (χ0n) is 14.0. The van der Waals surface area contributed by atoms with Gasteiger partial charge in [-0.3, -0.25) is 4.79 Å². The van der Waals surface area contributed by atoms with Crippen LogP contribution < -0.4 is 0 Å². The number of nitrogens with zero attached hydrogens (tertiary/aromatic N) is 1. The van der Waals surface area contributed by atoms with Crippen molar-refractivity contribution < 1.29 is 4.79 Å². The third-order valence-corrected chi connectivity index (χ3v) is 5.84. The molecule has 0 atom stereocenters. The predicted molar refractivity (Wildman–Crippen MR) is 106 cm³/mol. The number of halogens is 1. The number of carbonyl (C=O) groups is 1. The number of rotatable bonds is 6. The van der Waals surface area contributed by atoms with E-state index in [1.165, 1.54) is 0 Å². The van der Waals surface area contributed by atoms with E-state index in [1.54, 1.807) is 11.3 Å². The largest absolute Gasteiger partial charge is 0.358 e. The number of fused-ring (bicyclic) bond motifs is 2. The fraction of sp³-hybridized carbons (Fsp3) is 0.250. The molecule has 0 bridgehead atoms. The number of H-pyrrole nitrogens is 1. The lowest BCUT2D eigenvalue weighted by atomic mass is 10.0. The standard InChI is InChI=1S/C20H19ClN2OS/c1-2-23-17(12-13-9-11-25-20(13)23)19(24)18-14-6-3-4-7-15(14)22-16(18)8-5-10-21/h3-4,6-7,9,11-12,22H,2,5,8,10H2,1H3. The van der Waals surface area contributed by atoms with Crippen LogP contribution >= 0.6 is 22.9 Å². The van der Waals surface area contributed by atoms with Crippen LogP contribution in [0.1, 0.15) is 35.1 Å². The molecule has 0 aliphatic rings. The van der Waals surface area contributed by atoms with E-state index in [1.807, 2.05) is 30.3 Å². The molecule has 1 N–H and O–H groups in total. The van der Waals surface area contributed by atoms with Crippen molar-refractivity contribution in [1.82, 2.24) is 9.55 Å². The van der Waals surface area contributed by atoms with Crippen molar-refractivity contribution in [1.29, 1.82) is 0 Å². The minimum atomic E-state index is 0.0901. The van der Waals surface area contributed by atoms with Crippen molar-refractivity contribution in [2.24, 2.45) is 0 Å². The van der Waals surface area contributed by atoms with Crippen LogP contribution in [0.25, 0.3) is 21.1 Å². The number of nitrogens with one attached hydrogen (secondary N) is 1. The fourth-order valence-corrected chi connectivity index (χ4v) is 4.59. The molecule has 5 heteroatoms. The molecular weight excluding hydrogens is 352 g/mol. The van der Waals surface area contributed by atoms with Gasteiger partial charge in [0.15, 0.2) is 0 Å². The van der Waals surface area contributed by atoms with E-state index in [0.717, 1.165) is 57.5 Å². The maximum Gasteiger partial charge on any atom is 0.211 e. The van der Waals surface area contributed by atoms with Crippen LogP contribution in [0.2, 0.25) is 0 Å². The lowest BCUT2D eigenvalue weighted by Crippen LogP contribution is -2.11. The van der Waals surface area contributed by atoms with Gasteiger partial charge in [-0.05, 0) is 43.3 Å². The molecule has 0 saturated heterocycles. The zero-order chi connectivity index (χ0) is 17.4. The Morgan fingerprint density at radius 2 is 2.12 bits per heavy atom. The first kappa shape index (κ1) is 16.4. The van der Waals surface area contributed by atoms with E-state index in [2.05, 4.69) is 27.9 Å². The van der Waals surface area contributed by atoms with E-state index in [4.69, 9.17) is 11.6 Å². The lowest BCUT2D eigenvalue weighted by molar-refractivity contribution is 0.103. The molecule has 3 heterocycles. The highest BCUT2D eigenvalue weighted by Gasteiger charge is 2.23. The number of aromatic amines is 1. The summed E-state index contributed by atoms with van der Waals surface area (Å²) in [4.78, 5) is 18.1. The summed E-state index contributed by atoms with van der Waals surface area (Å²) in [5.74, 6) is 0.677. The molecule has 0 aliphatic heterocycles. The van der Waals surface area contributed by atoms with Gasteiger partial charge < -0.3 is 9.55 Å². The van der Waals surface area contributed by atoms with Crippen molar-refractivity contribution in [3.63, 3.8) is 0 Å². The van der Waals surface area contributed by atoms with Gasteiger partial charge in [-0.25, -0.2) is 0 Å². The fourth-order valence-electron chi connectivity index (χ4n) is 3.49. The number of para-hydroxylation sites is 1. The average Bonchev–Trinajstić information content (AvgIpc) is 3.30. The molecule has 4 rings (SSSR count). The van der Waals surface area contributed by atoms with Crippen LogP contribution in [0.3, 0.4) is 0 Å². The summed E-state index contributed by atoms with van der Waals surface area (Å²) in [7, 11) is 0. The van der Waals surface area contributed by atoms with Gasteiger partial charge in [-0.1, -0.05) is 18.2 Å². The first-order chi connectivity index (χ1) is 12.2. The first-order valence-electron chi connectivity index (χ1n) is 8.51. The number of aryl methyl sites for hydroxylation is 2. The smallest absolute Gasteiger partial charge is 0.211 e. The number of alkyl halides is 1. The van der Waals surface area contributed by atoms with Crippen molar-refractivity contribution in [2.75, 3.05) is 5.88 Å². The Kier molecular flexibility index (Phi) is 4.40. The summed E-state index contributed by atoms with van der Waals surface area (Å²) in [5.41, 5.74) is 3.55. The SMILES string of the molecule is CCn1c(C(=O)c2c(CCCCl)[nH]c3ccccc23)cc2ccsc21. The number of benzene rings is 1. The summed E-state index contributed by atoms with van der Waals surface area (Å²) in [6, 6.07) is 12.1. The Balaban J connectivity index is 1.89. The molecule has 3 aromatic heterocycles. The summed E-state index contributed by atoms with van der Waals surface area (Å²) in [6.45, 7) is 2.87. The third-order valence-electron chi connectivity index (χ3n) is 4.62. The second-order valence-electron chi connectivity index (χ2n) is 6.10. The molecule has 1 aromatic carbocycles. The molecule has 4 aromatic rings. The number of thiophene rings is 1. The van der Waals surface area contributed by atoms with Crippen molar-refractivity contribution in [2.45, 2.75) is 26.3 Å². The Hall–Kier alpha value is -2.04. The number of ketones is 1. The minimum absolute atomic E-state index is 0.0901. The van der Waals surface area contributed by atoms with Crippen LogP contribution in [0.15, 0.2) is 41.8 Å². The Labute approximate surface area is 155 Å². The summed E-state index contributed by atoms with van der Waals surface area (Å²) in [6.07, 6.45) is 1.62. The zero-order valence-corrected chi connectivity index (χ0v) is 15.6. The molecule has 0 radical (unpaired) electrons. The summed E-state index contributed by atoms with van der Waals surface area (Å²) in [5, 5.41) is 4.20. The summed E-state index contributed by atoms with van der Waals surface area (Å²) < 4.78 is 2.12. The maximum absolute atomic E-state index is 13.5. The normalized spacial score (nSPS) is 11.6. The van der Waals surface area contributed by atoms with Gasteiger partial charge in [0.1, 0.15) is 4.83 Å². The number of hydrogen-bond acceptors (Lipinski definition) is 2. The second kappa shape index (κ2) is 6.70. The van der Waals surface area contributed by atoms with E-state index in [0.29, 0.717) is 5.88 Å². The van der Waals surface area contributed by atoms with Gasteiger partial charge in [0.25, 0.3) is 0 Å². The molecular formula is C20H19ClN2OS. The third kappa shape index (κ3) is 2.70. The highest BCUT2D eigenvalue weighted by Crippen LogP contribution is 2.30. The van der Waals surface area contributed by atoms with Gasteiger partial charge in [-0.2, -0.15) is 0 Å². The number of hydrogen-bond donors (Lipinski definition) is 1. The van der Waals surface area contributed by atoms with E-state index in [9.17, 15) is 4.79 Å². The molecule has 0 spiro atoms. The van der Waals surface area contributed by atoms with Crippen LogP contribution in [0, 0.1) is 0 Å². The van der Waals surface area contributed by atoms with Gasteiger partial charge in [0.2, 0.25) is 5.78 Å². The van der Waals surface area contributed by atoms with Gasteiger partial charge in [0, 0.05) is 34.4 Å². The monoisotopic (exact) mass is 370 g/mol. The molecule has 3 nitrogen and oxygen atoms in total. The Bertz CT molecular complexity index is 1060. The molecule has 0 unspecified atom stereocenters. The van der Waals surface area contributed by atoms with E-state index in [-0.39, 0.29) is 5.78 Å². The minimum Gasteiger partial charge on any atom is -0.358 e. The van der Waals surface area contributed by atoms with Crippen LogP contribution in [-0.4, -0.2) is 21.2 Å². The Morgan fingerprint density at radius 3 is 2.92 bits per heavy atom.